The van der Waals surface area contributed by atoms with Crippen molar-refractivity contribution in [3.05, 3.63) is 0 Å². The first-order valence-electron chi connectivity index (χ1n) is 5.88. The number of hydrogen-bond donors (Lipinski definition) is 2. The molecule has 0 aromatic rings. The fraction of sp³-hybridized carbons (Fsp3) is 0.900. The van der Waals surface area contributed by atoms with E-state index in [1.807, 2.05) is 0 Å². The molecule has 1 amide bonds. The molecular weight excluding hydrogens is 242 g/mol. The Hall–Kier alpha value is -0.660. The Morgan fingerprint density at radius 2 is 2.12 bits per heavy atom. The molecule has 1 aliphatic heterocycles. The van der Waals surface area contributed by atoms with Crippen LogP contribution < -0.4 is 10.6 Å². The first-order valence-corrected chi connectivity index (χ1v) is 7.73. The Bertz CT molecular complexity index is 352. The number of sulfonamides is 1. The van der Waals surface area contributed by atoms with Gasteiger partial charge in [-0.3, -0.25) is 4.79 Å². The molecule has 7 heteroatoms. The van der Waals surface area contributed by atoms with E-state index < -0.39 is 10.0 Å². The van der Waals surface area contributed by atoms with Crippen LogP contribution in [0.1, 0.15) is 13.3 Å². The molecule has 0 aliphatic carbocycles. The molecule has 0 atom stereocenters. The van der Waals surface area contributed by atoms with Crippen molar-refractivity contribution in [2.45, 2.75) is 13.3 Å². The second kappa shape index (κ2) is 6.32. The van der Waals surface area contributed by atoms with Gasteiger partial charge in [-0.25, -0.2) is 12.7 Å². The SMILES string of the molecule is CCN(CCCNC(=O)C1CNC1)S(C)(=O)=O. The highest BCUT2D eigenvalue weighted by atomic mass is 32.2. The Morgan fingerprint density at radius 3 is 2.53 bits per heavy atom. The average molecular weight is 263 g/mol. The van der Waals surface area contributed by atoms with E-state index in [9.17, 15) is 13.2 Å². The third-order valence-corrected chi connectivity index (χ3v) is 4.24. The highest BCUT2D eigenvalue weighted by molar-refractivity contribution is 7.88. The Kier molecular flexibility index (Phi) is 5.35. The summed E-state index contributed by atoms with van der Waals surface area (Å²) in [5.41, 5.74) is 0. The minimum Gasteiger partial charge on any atom is -0.356 e. The van der Waals surface area contributed by atoms with Crippen LogP contribution in [0.5, 0.6) is 0 Å². The van der Waals surface area contributed by atoms with E-state index in [4.69, 9.17) is 0 Å². The zero-order valence-corrected chi connectivity index (χ0v) is 11.2. The van der Waals surface area contributed by atoms with Gasteiger partial charge in [-0.2, -0.15) is 0 Å². The zero-order chi connectivity index (χ0) is 12.9. The van der Waals surface area contributed by atoms with Gasteiger partial charge in [0, 0.05) is 32.7 Å². The monoisotopic (exact) mass is 263 g/mol. The summed E-state index contributed by atoms with van der Waals surface area (Å²) < 4.78 is 24.0. The molecule has 1 aliphatic rings. The molecule has 100 valence electrons. The maximum absolute atomic E-state index is 11.5. The van der Waals surface area contributed by atoms with Crippen LogP contribution in [-0.2, 0) is 14.8 Å². The van der Waals surface area contributed by atoms with Crippen molar-refractivity contribution in [1.82, 2.24) is 14.9 Å². The first-order chi connectivity index (χ1) is 7.95. The fourth-order valence-corrected chi connectivity index (χ4v) is 2.57. The number of nitrogens with zero attached hydrogens (tertiary/aromatic N) is 1. The molecule has 1 saturated heterocycles. The standard InChI is InChI=1S/C10H21N3O3S/c1-3-13(17(2,15)16)6-4-5-12-10(14)9-7-11-8-9/h9,11H,3-8H2,1-2H3,(H,12,14). The lowest BCUT2D eigenvalue weighted by Crippen LogP contribution is -2.51. The third kappa shape index (κ3) is 4.61. The Labute approximate surface area is 103 Å². The minimum atomic E-state index is -3.11. The Morgan fingerprint density at radius 1 is 1.47 bits per heavy atom. The van der Waals surface area contributed by atoms with Gasteiger partial charge < -0.3 is 10.6 Å². The van der Waals surface area contributed by atoms with E-state index >= 15 is 0 Å². The van der Waals surface area contributed by atoms with E-state index in [2.05, 4.69) is 10.6 Å². The van der Waals surface area contributed by atoms with Gasteiger partial charge in [-0.15, -0.1) is 0 Å². The van der Waals surface area contributed by atoms with Crippen LogP contribution in [0.15, 0.2) is 0 Å². The quantitative estimate of drug-likeness (QED) is 0.577. The number of nitrogens with one attached hydrogen (secondary N) is 2. The van der Waals surface area contributed by atoms with Gasteiger partial charge in [-0.1, -0.05) is 6.92 Å². The molecule has 0 saturated carbocycles. The van der Waals surface area contributed by atoms with Crippen molar-refractivity contribution < 1.29 is 13.2 Å². The number of carbonyl (C=O) groups excluding carboxylic acids is 1. The van der Waals surface area contributed by atoms with Crippen molar-refractivity contribution in [2.24, 2.45) is 5.92 Å². The summed E-state index contributed by atoms with van der Waals surface area (Å²) >= 11 is 0. The van der Waals surface area contributed by atoms with Gasteiger partial charge in [0.2, 0.25) is 15.9 Å². The maximum atomic E-state index is 11.5. The smallest absolute Gasteiger partial charge is 0.225 e. The molecule has 0 spiro atoms. The molecule has 0 unspecified atom stereocenters. The van der Waals surface area contributed by atoms with Crippen LogP contribution in [0.2, 0.25) is 0 Å². The number of carbonyl (C=O) groups is 1. The highest BCUT2D eigenvalue weighted by Gasteiger charge is 2.24. The van der Waals surface area contributed by atoms with Crippen LogP contribution in [0.4, 0.5) is 0 Å². The molecule has 1 heterocycles. The number of amides is 1. The summed E-state index contributed by atoms with van der Waals surface area (Å²) in [5, 5.41) is 5.85. The summed E-state index contributed by atoms with van der Waals surface area (Å²) in [4.78, 5) is 11.5. The second-order valence-electron chi connectivity index (χ2n) is 4.25. The summed E-state index contributed by atoms with van der Waals surface area (Å²) in [5.74, 6) is 0.151. The zero-order valence-electron chi connectivity index (χ0n) is 10.4. The summed E-state index contributed by atoms with van der Waals surface area (Å²) in [6.45, 7) is 4.76. The Balaban J connectivity index is 2.16. The molecular formula is C10H21N3O3S. The van der Waals surface area contributed by atoms with Crippen molar-refractivity contribution >= 4 is 15.9 Å². The average Bonchev–Trinajstić information content (AvgIpc) is 2.12. The van der Waals surface area contributed by atoms with E-state index in [1.54, 1.807) is 6.92 Å². The van der Waals surface area contributed by atoms with Crippen molar-refractivity contribution in [1.29, 1.82) is 0 Å². The lowest BCUT2D eigenvalue weighted by molar-refractivity contribution is -0.126. The van der Waals surface area contributed by atoms with Crippen molar-refractivity contribution in [2.75, 3.05) is 39.0 Å². The lowest BCUT2D eigenvalue weighted by atomic mass is 10.0. The molecule has 1 fully saturated rings. The minimum absolute atomic E-state index is 0.0613. The second-order valence-corrected chi connectivity index (χ2v) is 6.24. The molecule has 0 radical (unpaired) electrons. The van der Waals surface area contributed by atoms with Gasteiger partial charge in [0.15, 0.2) is 0 Å². The maximum Gasteiger partial charge on any atom is 0.225 e. The molecule has 17 heavy (non-hydrogen) atoms. The van der Waals surface area contributed by atoms with E-state index in [0.717, 1.165) is 13.1 Å². The van der Waals surface area contributed by atoms with E-state index in [1.165, 1.54) is 10.6 Å². The van der Waals surface area contributed by atoms with Crippen LogP contribution in [0.3, 0.4) is 0 Å². The fourth-order valence-electron chi connectivity index (χ4n) is 1.64. The first kappa shape index (κ1) is 14.4. The van der Waals surface area contributed by atoms with Crippen LogP contribution in [0, 0.1) is 5.92 Å². The van der Waals surface area contributed by atoms with Crippen molar-refractivity contribution in [3.8, 4) is 0 Å². The van der Waals surface area contributed by atoms with Gasteiger partial charge in [0.05, 0.1) is 12.2 Å². The van der Waals surface area contributed by atoms with Gasteiger partial charge in [0.25, 0.3) is 0 Å². The third-order valence-electron chi connectivity index (χ3n) is 2.86. The number of rotatable bonds is 7. The predicted octanol–water partition coefficient (Wildman–Crippen LogP) is -1.01. The number of hydrogen-bond acceptors (Lipinski definition) is 4. The van der Waals surface area contributed by atoms with Crippen LogP contribution in [-0.4, -0.2) is 57.6 Å². The lowest BCUT2D eigenvalue weighted by Gasteiger charge is -2.26. The topological polar surface area (TPSA) is 78.5 Å². The van der Waals surface area contributed by atoms with Gasteiger partial charge in [0.1, 0.15) is 0 Å². The predicted molar refractivity (Wildman–Crippen MR) is 66.1 cm³/mol. The van der Waals surface area contributed by atoms with Crippen LogP contribution in [0.25, 0.3) is 0 Å². The molecule has 2 N–H and O–H groups in total. The normalized spacial score (nSPS) is 16.9. The largest absolute Gasteiger partial charge is 0.356 e. The van der Waals surface area contributed by atoms with Gasteiger partial charge >= 0.3 is 0 Å². The van der Waals surface area contributed by atoms with E-state index in [-0.39, 0.29) is 11.8 Å². The molecule has 6 nitrogen and oxygen atoms in total. The molecule has 1 rings (SSSR count). The van der Waals surface area contributed by atoms with Gasteiger partial charge in [-0.05, 0) is 6.42 Å². The van der Waals surface area contributed by atoms with Crippen molar-refractivity contribution in [3.63, 3.8) is 0 Å². The van der Waals surface area contributed by atoms with Crippen LogP contribution >= 0.6 is 0 Å². The molecule has 0 aromatic carbocycles. The molecule has 0 bridgehead atoms. The summed E-state index contributed by atoms with van der Waals surface area (Å²) in [7, 11) is -3.11. The summed E-state index contributed by atoms with van der Waals surface area (Å²) in [6, 6.07) is 0. The highest BCUT2D eigenvalue weighted by Crippen LogP contribution is 2.02. The molecule has 0 aromatic heterocycles. The van der Waals surface area contributed by atoms with E-state index in [0.29, 0.717) is 26.1 Å². The summed E-state index contributed by atoms with van der Waals surface area (Å²) in [6.07, 6.45) is 1.85.